The van der Waals surface area contributed by atoms with E-state index in [1.165, 1.54) is 17.5 Å². The lowest BCUT2D eigenvalue weighted by molar-refractivity contribution is 0.515. The van der Waals surface area contributed by atoms with Gasteiger partial charge >= 0.3 is 0 Å². The molecule has 2 rings (SSSR count). The Morgan fingerprint density at radius 1 is 1.12 bits per heavy atom. The van der Waals surface area contributed by atoms with Gasteiger partial charge in [0.05, 0.1) is 12.8 Å². The van der Waals surface area contributed by atoms with Gasteiger partial charge in [-0.05, 0) is 42.7 Å². The molecule has 17 heavy (non-hydrogen) atoms. The number of rotatable bonds is 5. The van der Waals surface area contributed by atoms with Gasteiger partial charge in [0.25, 0.3) is 0 Å². The summed E-state index contributed by atoms with van der Waals surface area (Å²) in [6.45, 7) is 5.00. The Hall–Kier alpha value is -1.70. The molecular weight excluding hydrogens is 210 g/mol. The van der Waals surface area contributed by atoms with Crippen molar-refractivity contribution in [1.82, 2.24) is 0 Å². The lowest BCUT2D eigenvalue weighted by Gasteiger charge is -2.06. The highest BCUT2D eigenvalue weighted by Gasteiger charge is 2.01. The highest BCUT2D eigenvalue weighted by molar-refractivity contribution is 5.45. The summed E-state index contributed by atoms with van der Waals surface area (Å²) in [5.74, 6) is 1.00. The molecule has 0 fully saturated rings. The monoisotopic (exact) mass is 229 g/mol. The summed E-state index contributed by atoms with van der Waals surface area (Å²) < 4.78 is 5.39. The van der Waals surface area contributed by atoms with Crippen molar-refractivity contribution in [2.45, 2.75) is 33.2 Å². The molecule has 2 aromatic rings. The van der Waals surface area contributed by atoms with Gasteiger partial charge in [0.15, 0.2) is 0 Å². The number of aryl methyl sites for hydroxylation is 2. The maximum Gasteiger partial charge on any atom is 0.125 e. The number of benzene rings is 1. The molecule has 0 aliphatic rings. The van der Waals surface area contributed by atoms with Crippen molar-refractivity contribution in [1.29, 1.82) is 0 Å². The lowest BCUT2D eigenvalue weighted by atomic mass is 10.1. The topological polar surface area (TPSA) is 25.2 Å². The van der Waals surface area contributed by atoms with Crippen LogP contribution in [0.3, 0.4) is 0 Å². The minimum Gasteiger partial charge on any atom is -0.467 e. The largest absolute Gasteiger partial charge is 0.467 e. The van der Waals surface area contributed by atoms with E-state index in [-0.39, 0.29) is 0 Å². The normalized spacial score (nSPS) is 10.5. The van der Waals surface area contributed by atoms with Crippen LogP contribution >= 0.6 is 0 Å². The van der Waals surface area contributed by atoms with Crippen molar-refractivity contribution in [3.8, 4) is 0 Å². The average molecular weight is 229 g/mol. The van der Waals surface area contributed by atoms with Crippen molar-refractivity contribution < 1.29 is 4.42 Å². The second-order valence-corrected chi connectivity index (χ2v) is 4.33. The standard InChI is InChI=1S/C15H19NO/c1-3-4-13-5-7-14(8-6-13)16-11-15-12(2)9-10-17-15/h5-10,16H,3-4,11H2,1-2H3. The molecule has 0 radical (unpaired) electrons. The average Bonchev–Trinajstić information content (AvgIpc) is 2.75. The number of hydrogen-bond acceptors (Lipinski definition) is 2. The summed E-state index contributed by atoms with van der Waals surface area (Å²) in [6, 6.07) is 10.6. The van der Waals surface area contributed by atoms with E-state index in [9.17, 15) is 0 Å². The molecule has 0 saturated heterocycles. The smallest absolute Gasteiger partial charge is 0.125 e. The summed E-state index contributed by atoms with van der Waals surface area (Å²) in [6.07, 6.45) is 4.08. The molecule has 0 saturated carbocycles. The van der Waals surface area contributed by atoms with Crippen LogP contribution in [-0.4, -0.2) is 0 Å². The van der Waals surface area contributed by atoms with E-state index in [0.717, 1.165) is 24.4 Å². The van der Waals surface area contributed by atoms with Gasteiger partial charge in [0.1, 0.15) is 5.76 Å². The maximum atomic E-state index is 5.39. The summed E-state index contributed by atoms with van der Waals surface area (Å²) in [7, 11) is 0. The first-order chi connectivity index (χ1) is 8.29. The molecule has 2 nitrogen and oxygen atoms in total. The van der Waals surface area contributed by atoms with E-state index in [1.54, 1.807) is 6.26 Å². The van der Waals surface area contributed by atoms with Crippen LogP contribution in [0.25, 0.3) is 0 Å². The number of hydrogen-bond donors (Lipinski definition) is 1. The fourth-order valence-corrected chi connectivity index (χ4v) is 1.85. The third kappa shape index (κ3) is 3.13. The van der Waals surface area contributed by atoms with Gasteiger partial charge in [-0.3, -0.25) is 0 Å². The zero-order valence-corrected chi connectivity index (χ0v) is 10.5. The van der Waals surface area contributed by atoms with Crippen LogP contribution in [0.15, 0.2) is 41.0 Å². The van der Waals surface area contributed by atoms with E-state index in [4.69, 9.17) is 4.42 Å². The van der Waals surface area contributed by atoms with Gasteiger partial charge in [-0.25, -0.2) is 0 Å². The summed E-state index contributed by atoms with van der Waals surface area (Å²) in [5, 5.41) is 3.36. The summed E-state index contributed by atoms with van der Waals surface area (Å²) >= 11 is 0. The molecule has 1 N–H and O–H groups in total. The lowest BCUT2D eigenvalue weighted by Crippen LogP contribution is -1.99. The number of nitrogens with one attached hydrogen (secondary N) is 1. The highest BCUT2D eigenvalue weighted by Crippen LogP contribution is 2.14. The van der Waals surface area contributed by atoms with E-state index < -0.39 is 0 Å². The Morgan fingerprint density at radius 2 is 1.88 bits per heavy atom. The quantitative estimate of drug-likeness (QED) is 0.833. The molecule has 0 atom stereocenters. The molecule has 2 heteroatoms. The summed E-state index contributed by atoms with van der Waals surface area (Å²) in [4.78, 5) is 0. The first kappa shape index (κ1) is 11.8. The van der Waals surface area contributed by atoms with Crippen LogP contribution in [0.4, 0.5) is 5.69 Å². The third-order valence-electron chi connectivity index (χ3n) is 2.91. The van der Waals surface area contributed by atoms with E-state index in [1.807, 2.05) is 6.07 Å². The molecule has 0 aliphatic carbocycles. The van der Waals surface area contributed by atoms with Crippen LogP contribution in [0.5, 0.6) is 0 Å². The number of furan rings is 1. The second-order valence-electron chi connectivity index (χ2n) is 4.33. The van der Waals surface area contributed by atoms with Crippen LogP contribution in [0.1, 0.15) is 30.2 Å². The molecule has 1 aromatic carbocycles. The van der Waals surface area contributed by atoms with Crippen molar-refractivity contribution in [3.63, 3.8) is 0 Å². The molecule has 90 valence electrons. The molecule has 1 heterocycles. The summed E-state index contributed by atoms with van der Waals surface area (Å²) in [5.41, 5.74) is 3.73. The van der Waals surface area contributed by atoms with E-state index in [2.05, 4.69) is 43.4 Å². The molecule has 0 bridgehead atoms. The molecule has 0 aliphatic heterocycles. The first-order valence-corrected chi connectivity index (χ1v) is 6.15. The first-order valence-electron chi connectivity index (χ1n) is 6.15. The Bertz CT molecular complexity index is 456. The Kier molecular flexibility index (Phi) is 3.86. The van der Waals surface area contributed by atoms with Crippen LogP contribution in [0.2, 0.25) is 0 Å². The molecular formula is C15H19NO. The van der Waals surface area contributed by atoms with E-state index in [0.29, 0.717) is 0 Å². The Balaban J connectivity index is 1.93. The zero-order chi connectivity index (χ0) is 12.1. The fourth-order valence-electron chi connectivity index (χ4n) is 1.85. The van der Waals surface area contributed by atoms with Crippen molar-refractivity contribution in [2.75, 3.05) is 5.32 Å². The third-order valence-corrected chi connectivity index (χ3v) is 2.91. The SMILES string of the molecule is CCCc1ccc(NCc2occc2C)cc1. The Morgan fingerprint density at radius 3 is 2.47 bits per heavy atom. The minimum absolute atomic E-state index is 0.742. The van der Waals surface area contributed by atoms with Gasteiger partial charge in [-0.2, -0.15) is 0 Å². The zero-order valence-electron chi connectivity index (χ0n) is 10.5. The minimum atomic E-state index is 0.742. The maximum absolute atomic E-state index is 5.39. The predicted octanol–water partition coefficient (Wildman–Crippen LogP) is 4.15. The van der Waals surface area contributed by atoms with Gasteiger partial charge in [0, 0.05) is 5.69 Å². The highest BCUT2D eigenvalue weighted by atomic mass is 16.3. The molecule has 1 aromatic heterocycles. The molecule has 0 amide bonds. The van der Waals surface area contributed by atoms with Crippen LogP contribution in [0, 0.1) is 6.92 Å². The van der Waals surface area contributed by atoms with Gasteiger partial charge < -0.3 is 9.73 Å². The fraction of sp³-hybridized carbons (Fsp3) is 0.333. The van der Waals surface area contributed by atoms with Crippen molar-refractivity contribution in [3.05, 3.63) is 53.5 Å². The second kappa shape index (κ2) is 5.58. The van der Waals surface area contributed by atoms with Crippen LogP contribution in [-0.2, 0) is 13.0 Å². The van der Waals surface area contributed by atoms with Gasteiger partial charge in [0.2, 0.25) is 0 Å². The van der Waals surface area contributed by atoms with E-state index >= 15 is 0 Å². The van der Waals surface area contributed by atoms with Gasteiger partial charge in [-0.1, -0.05) is 25.5 Å². The Labute approximate surface area is 103 Å². The molecule has 0 spiro atoms. The number of anilines is 1. The van der Waals surface area contributed by atoms with Gasteiger partial charge in [-0.15, -0.1) is 0 Å². The van der Waals surface area contributed by atoms with Crippen molar-refractivity contribution in [2.24, 2.45) is 0 Å². The van der Waals surface area contributed by atoms with Crippen molar-refractivity contribution >= 4 is 5.69 Å². The molecule has 0 unspecified atom stereocenters. The predicted molar refractivity (Wildman–Crippen MR) is 71.2 cm³/mol. The van der Waals surface area contributed by atoms with Crippen LogP contribution < -0.4 is 5.32 Å².